The molecule has 1 N–H and O–H groups in total. The van der Waals surface area contributed by atoms with Gasteiger partial charge in [-0.05, 0) is 60.9 Å². The van der Waals surface area contributed by atoms with E-state index in [1.807, 2.05) is 19.1 Å². The van der Waals surface area contributed by atoms with Gasteiger partial charge in [0.15, 0.2) is 0 Å². The molecule has 0 amide bonds. The summed E-state index contributed by atoms with van der Waals surface area (Å²) in [5, 5.41) is 3.92. The van der Waals surface area contributed by atoms with Crippen LogP contribution in [0.4, 0.5) is 0 Å². The molecule has 32 heavy (non-hydrogen) atoms. The number of nitrogens with zero attached hydrogens (tertiary/aromatic N) is 1. The van der Waals surface area contributed by atoms with Crippen molar-refractivity contribution in [2.45, 2.75) is 25.3 Å². The molecule has 0 atom stereocenters. The molecule has 0 radical (unpaired) electrons. The van der Waals surface area contributed by atoms with Crippen molar-refractivity contribution in [1.82, 2.24) is 4.83 Å². The summed E-state index contributed by atoms with van der Waals surface area (Å²) in [7, 11) is -2.46. The van der Waals surface area contributed by atoms with Gasteiger partial charge in [-0.3, -0.25) is 0 Å². The van der Waals surface area contributed by atoms with Crippen molar-refractivity contribution >= 4 is 22.2 Å². The summed E-state index contributed by atoms with van der Waals surface area (Å²) in [4.78, 5) is 14.0. The maximum atomic E-state index is 12.6. The summed E-state index contributed by atoms with van der Waals surface area (Å²) in [5.41, 5.74) is 3.42. The quantitative estimate of drug-likeness (QED) is 0.317. The molecule has 3 rings (SSSR count). The number of hydrazone groups is 1. The largest absolute Gasteiger partial charge is 0.488 e. The first-order valence-corrected chi connectivity index (χ1v) is 11.3. The number of benzene rings is 3. The number of aryl methyl sites for hydroxylation is 2. The van der Waals surface area contributed by atoms with Gasteiger partial charge in [-0.1, -0.05) is 36.4 Å². The normalized spacial score (nSPS) is 11.3. The third-order valence-electron chi connectivity index (χ3n) is 4.70. The highest BCUT2D eigenvalue weighted by Gasteiger charge is 2.16. The van der Waals surface area contributed by atoms with Gasteiger partial charge in [0, 0.05) is 5.56 Å². The molecule has 0 bridgehead atoms. The van der Waals surface area contributed by atoms with Crippen LogP contribution in [0.2, 0.25) is 0 Å². The lowest BCUT2D eigenvalue weighted by Gasteiger charge is -2.10. The molecular weight excluding hydrogens is 428 g/mol. The van der Waals surface area contributed by atoms with E-state index in [1.54, 1.807) is 61.5 Å². The lowest BCUT2D eigenvalue weighted by molar-refractivity contribution is 0.0600. The molecule has 0 aromatic heterocycles. The first kappa shape index (κ1) is 23.0. The molecule has 0 spiro atoms. The first-order valence-electron chi connectivity index (χ1n) is 9.81. The van der Waals surface area contributed by atoms with E-state index in [1.165, 1.54) is 13.3 Å². The number of para-hydroxylation sites is 1. The predicted octanol–water partition coefficient (Wildman–Crippen LogP) is 3.98. The second-order valence-electron chi connectivity index (χ2n) is 7.14. The van der Waals surface area contributed by atoms with Crippen LogP contribution in [0.3, 0.4) is 0 Å². The number of esters is 1. The van der Waals surface area contributed by atoms with Gasteiger partial charge in [-0.2, -0.15) is 13.5 Å². The number of sulfonamides is 1. The SMILES string of the molecule is COC(=O)c1ccc(COc2ccccc2/C=N/NS(=O)(=O)c2cc(C)ccc2C)cc1. The molecule has 8 heteroatoms. The van der Waals surface area contributed by atoms with Crippen molar-refractivity contribution < 1.29 is 22.7 Å². The van der Waals surface area contributed by atoms with E-state index in [9.17, 15) is 13.2 Å². The number of hydrogen-bond acceptors (Lipinski definition) is 6. The third-order valence-corrected chi connectivity index (χ3v) is 6.06. The maximum absolute atomic E-state index is 12.6. The van der Waals surface area contributed by atoms with Crippen molar-refractivity contribution in [3.8, 4) is 5.75 Å². The van der Waals surface area contributed by atoms with Gasteiger partial charge in [0.1, 0.15) is 12.4 Å². The van der Waals surface area contributed by atoms with Crippen LogP contribution in [-0.2, 0) is 21.4 Å². The molecule has 0 aliphatic heterocycles. The number of carbonyl (C=O) groups excluding carboxylic acids is 1. The molecule has 0 aliphatic carbocycles. The third kappa shape index (κ3) is 5.73. The molecule has 0 fully saturated rings. The van der Waals surface area contributed by atoms with Crippen LogP contribution < -0.4 is 9.57 Å². The Kier molecular flexibility index (Phi) is 7.27. The van der Waals surface area contributed by atoms with Crippen LogP contribution in [0, 0.1) is 13.8 Å². The standard InChI is InChI=1S/C24H24N2O5S/c1-17-8-9-18(2)23(14-17)32(28,29)26-25-15-21-6-4-5-7-22(21)31-16-19-10-12-20(13-11-19)24(27)30-3/h4-15,26H,16H2,1-3H3/b25-15+. The Hall–Kier alpha value is -3.65. The zero-order valence-corrected chi connectivity index (χ0v) is 18.8. The first-order chi connectivity index (χ1) is 15.3. The van der Waals surface area contributed by atoms with E-state index >= 15 is 0 Å². The van der Waals surface area contributed by atoms with Crippen molar-refractivity contribution in [3.63, 3.8) is 0 Å². The van der Waals surface area contributed by atoms with Gasteiger partial charge in [0.25, 0.3) is 10.0 Å². The fraction of sp³-hybridized carbons (Fsp3) is 0.167. The van der Waals surface area contributed by atoms with E-state index in [2.05, 4.69) is 14.7 Å². The van der Waals surface area contributed by atoms with Crippen LogP contribution >= 0.6 is 0 Å². The fourth-order valence-corrected chi connectivity index (χ4v) is 4.07. The number of methoxy groups -OCH3 is 1. The van der Waals surface area contributed by atoms with Gasteiger partial charge in [0.2, 0.25) is 0 Å². The zero-order valence-electron chi connectivity index (χ0n) is 18.0. The molecule has 3 aromatic rings. The highest BCUT2D eigenvalue weighted by atomic mass is 32.2. The molecule has 7 nitrogen and oxygen atoms in total. The van der Waals surface area contributed by atoms with Crippen LogP contribution in [0.5, 0.6) is 5.75 Å². The Morgan fingerprint density at radius 3 is 2.47 bits per heavy atom. The Morgan fingerprint density at radius 2 is 1.75 bits per heavy atom. The smallest absolute Gasteiger partial charge is 0.337 e. The summed E-state index contributed by atoms with van der Waals surface area (Å²) in [6, 6.07) is 19.3. The second-order valence-corrected chi connectivity index (χ2v) is 8.77. The average Bonchev–Trinajstić information content (AvgIpc) is 2.79. The fourth-order valence-electron chi connectivity index (χ4n) is 2.95. The monoisotopic (exact) mass is 452 g/mol. The molecule has 0 saturated heterocycles. The minimum atomic E-state index is -3.79. The minimum Gasteiger partial charge on any atom is -0.488 e. The molecule has 0 unspecified atom stereocenters. The topological polar surface area (TPSA) is 94.1 Å². The number of nitrogens with one attached hydrogen (secondary N) is 1. The highest BCUT2D eigenvalue weighted by Crippen LogP contribution is 2.19. The van der Waals surface area contributed by atoms with E-state index < -0.39 is 16.0 Å². The number of hydrogen-bond donors (Lipinski definition) is 1. The zero-order chi connectivity index (χ0) is 23.1. The lowest BCUT2D eigenvalue weighted by atomic mass is 10.1. The Labute approximate surface area is 187 Å². The van der Waals surface area contributed by atoms with Gasteiger partial charge in [0.05, 0.1) is 23.8 Å². The molecular formula is C24H24N2O5S. The molecule has 0 heterocycles. The summed E-state index contributed by atoms with van der Waals surface area (Å²) < 4.78 is 35.8. The van der Waals surface area contributed by atoms with Crippen molar-refractivity contribution in [2.75, 3.05) is 7.11 Å². The Morgan fingerprint density at radius 1 is 1.03 bits per heavy atom. The van der Waals surface area contributed by atoms with Crippen LogP contribution in [0.15, 0.2) is 76.7 Å². The molecule has 0 saturated carbocycles. The Balaban J connectivity index is 1.69. The van der Waals surface area contributed by atoms with Crippen molar-refractivity contribution in [3.05, 3.63) is 94.5 Å². The lowest BCUT2D eigenvalue weighted by Crippen LogP contribution is -2.19. The average molecular weight is 453 g/mol. The van der Waals surface area contributed by atoms with Crippen LogP contribution in [-0.4, -0.2) is 27.7 Å². The van der Waals surface area contributed by atoms with E-state index in [4.69, 9.17) is 4.74 Å². The maximum Gasteiger partial charge on any atom is 0.337 e. The minimum absolute atomic E-state index is 0.189. The van der Waals surface area contributed by atoms with Gasteiger partial charge in [-0.25, -0.2) is 9.63 Å². The van der Waals surface area contributed by atoms with Gasteiger partial charge < -0.3 is 9.47 Å². The molecule has 166 valence electrons. The van der Waals surface area contributed by atoms with E-state index in [-0.39, 0.29) is 11.5 Å². The van der Waals surface area contributed by atoms with Crippen molar-refractivity contribution in [2.24, 2.45) is 5.10 Å². The van der Waals surface area contributed by atoms with Crippen molar-refractivity contribution in [1.29, 1.82) is 0 Å². The number of ether oxygens (including phenoxy) is 2. The van der Waals surface area contributed by atoms with E-state index in [0.717, 1.165) is 11.1 Å². The highest BCUT2D eigenvalue weighted by molar-refractivity contribution is 7.89. The molecule has 0 aliphatic rings. The number of carbonyl (C=O) groups is 1. The second kappa shape index (κ2) is 10.1. The van der Waals surface area contributed by atoms with Gasteiger partial charge in [-0.15, -0.1) is 0 Å². The van der Waals surface area contributed by atoms with Gasteiger partial charge >= 0.3 is 5.97 Å². The number of rotatable bonds is 8. The summed E-state index contributed by atoms with van der Waals surface area (Å²) in [5.74, 6) is 0.140. The Bertz CT molecular complexity index is 1240. The van der Waals surface area contributed by atoms with Crippen LogP contribution in [0.1, 0.15) is 32.6 Å². The predicted molar refractivity (Wildman–Crippen MR) is 122 cm³/mol. The van der Waals surface area contributed by atoms with E-state index in [0.29, 0.717) is 22.4 Å². The molecule has 3 aromatic carbocycles. The summed E-state index contributed by atoms with van der Waals surface area (Å²) in [6.45, 7) is 3.83. The summed E-state index contributed by atoms with van der Waals surface area (Å²) in [6.07, 6.45) is 1.40. The van der Waals surface area contributed by atoms with Crippen LogP contribution in [0.25, 0.3) is 0 Å². The summed E-state index contributed by atoms with van der Waals surface area (Å²) >= 11 is 0.